The van der Waals surface area contributed by atoms with Gasteiger partial charge in [-0.3, -0.25) is 19.2 Å². The van der Waals surface area contributed by atoms with E-state index in [0.717, 1.165) is 0 Å². The summed E-state index contributed by atoms with van der Waals surface area (Å²) in [4.78, 5) is 52.0. The van der Waals surface area contributed by atoms with Crippen molar-refractivity contribution in [2.75, 3.05) is 18.1 Å². The molecule has 0 bridgehead atoms. The molecule has 4 rings (SSSR count). The second-order valence-electron chi connectivity index (χ2n) is 7.66. The van der Waals surface area contributed by atoms with Crippen molar-refractivity contribution in [3.8, 4) is 0 Å². The van der Waals surface area contributed by atoms with E-state index < -0.39 is 18.5 Å². The van der Waals surface area contributed by atoms with E-state index in [2.05, 4.69) is 0 Å². The van der Waals surface area contributed by atoms with E-state index in [0.29, 0.717) is 21.8 Å². The molecular formula is C26H20ClNO5. The molecule has 1 fully saturated rings. The smallest absolute Gasteiger partial charge is 0.311 e. The highest BCUT2D eigenvalue weighted by Gasteiger charge is 2.38. The van der Waals surface area contributed by atoms with E-state index in [-0.39, 0.29) is 36.0 Å². The third-order valence-electron chi connectivity index (χ3n) is 5.43. The summed E-state index contributed by atoms with van der Waals surface area (Å²) in [5.74, 6) is -2.27. The Labute approximate surface area is 195 Å². The highest BCUT2D eigenvalue weighted by molar-refractivity contribution is 6.31. The van der Waals surface area contributed by atoms with Gasteiger partial charge in [-0.1, -0.05) is 72.3 Å². The van der Waals surface area contributed by atoms with Crippen molar-refractivity contribution < 1.29 is 23.9 Å². The van der Waals surface area contributed by atoms with Gasteiger partial charge in [0.25, 0.3) is 0 Å². The molecule has 6 nitrogen and oxygen atoms in total. The second kappa shape index (κ2) is 9.79. The molecule has 0 aromatic heterocycles. The van der Waals surface area contributed by atoms with E-state index in [4.69, 9.17) is 16.3 Å². The van der Waals surface area contributed by atoms with Crippen LogP contribution in [0.3, 0.4) is 0 Å². The van der Waals surface area contributed by atoms with Crippen LogP contribution in [0, 0.1) is 5.92 Å². The van der Waals surface area contributed by atoms with Crippen LogP contribution in [-0.2, 0) is 14.3 Å². The van der Waals surface area contributed by atoms with E-state index in [1.165, 1.54) is 11.0 Å². The van der Waals surface area contributed by atoms with Crippen LogP contribution in [0.4, 0.5) is 5.69 Å². The number of amides is 1. The fourth-order valence-electron chi connectivity index (χ4n) is 3.73. The molecule has 1 aliphatic heterocycles. The number of Topliss-reactive ketones (excluding diaryl/α,β-unsaturated/α-hetero) is 1. The maximum absolute atomic E-state index is 13.1. The van der Waals surface area contributed by atoms with Crippen molar-refractivity contribution in [1.82, 2.24) is 0 Å². The largest absolute Gasteiger partial charge is 0.457 e. The molecule has 0 spiro atoms. The highest BCUT2D eigenvalue weighted by atomic mass is 35.5. The first-order chi connectivity index (χ1) is 15.9. The maximum atomic E-state index is 13.1. The zero-order chi connectivity index (χ0) is 23.4. The summed E-state index contributed by atoms with van der Waals surface area (Å²) in [7, 11) is 0. The summed E-state index contributed by atoms with van der Waals surface area (Å²) in [6, 6.07) is 21.9. The van der Waals surface area contributed by atoms with Crippen LogP contribution in [0.2, 0.25) is 5.02 Å². The number of halogens is 1. The molecule has 7 heteroatoms. The standard InChI is InChI=1S/C26H20ClNO5/c27-20-11-12-22(21(14-20)25(31)18-9-5-2-6-10-18)28-15-19(13-24(28)30)26(32)33-16-23(29)17-7-3-1-4-8-17/h1-12,14,19H,13,15-16H2/t19-/m1/s1. The average molecular weight is 462 g/mol. The fourth-order valence-corrected chi connectivity index (χ4v) is 3.90. The van der Waals surface area contributed by atoms with Gasteiger partial charge in [-0.15, -0.1) is 0 Å². The zero-order valence-corrected chi connectivity index (χ0v) is 18.3. The van der Waals surface area contributed by atoms with Gasteiger partial charge in [0.2, 0.25) is 5.91 Å². The first-order valence-corrected chi connectivity index (χ1v) is 10.8. The number of esters is 1. The van der Waals surface area contributed by atoms with E-state index >= 15 is 0 Å². The van der Waals surface area contributed by atoms with E-state index in [9.17, 15) is 19.2 Å². The van der Waals surface area contributed by atoms with Gasteiger partial charge in [-0.05, 0) is 18.2 Å². The summed E-state index contributed by atoms with van der Waals surface area (Å²) in [5.41, 5.74) is 1.56. The normalized spacial score (nSPS) is 15.4. The first kappa shape index (κ1) is 22.4. The van der Waals surface area contributed by atoms with Gasteiger partial charge in [0.1, 0.15) is 0 Å². The molecule has 0 aliphatic carbocycles. The Morgan fingerprint density at radius 3 is 2.21 bits per heavy atom. The maximum Gasteiger partial charge on any atom is 0.311 e. The van der Waals surface area contributed by atoms with Gasteiger partial charge in [-0.2, -0.15) is 0 Å². The van der Waals surface area contributed by atoms with Crippen LogP contribution in [0.1, 0.15) is 32.7 Å². The zero-order valence-electron chi connectivity index (χ0n) is 17.6. The van der Waals surface area contributed by atoms with Crippen LogP contribution >= 0.6 is 11.6 Å². The van der Waals surface area contributed by atoms with Crippen molar-refractivity contribution in [3.05, 3.63) is 101 Å². The van der Waals surface area contributed by atoms with Gasteiger partial charge in [0.15, 0.2) is 18.2 Å². The Hall–Kier alpha value is -3.77. The monoisotopic (exact) mass is 461 g/mol. The number of hydrogen-bond donors (Lipinski definition) is 0. The Kier molecular flexibility index (Phi) is 6.66. The van der Waals surface area contributed by atoms with Gasteiger partial charge < -0.3 is 9.64 Å². The quantitative estimate of drug-likeness (QED) is 0.386. The molecule has 0 unspecified atom stereocenters. The van der Waals surface area contributed by atoms with E-state index in [1.807, 2.05) is 0 Å². The Morgan fingerprint density at radius 2 is 1.55 bits per heavy atom. The second-order valence-corrected chi connectivity index (χ2v) is 8.10. The molecule has 0 saturated carbocycles. The predicted octanol–water partition coefficient (Wildman–Crippen LogP) is 4.35. The third kappa shape index (κ3) is 5.02. The van der Waals surface area contributed by atoms with Crippen LogP contribution in [-0.4, -0.2) is 36.6 Å². The number of carbonyl (C=O) groups excluding carboxylic acids is 4. The number of carbonyl (C=O) groups is 4. The summed E-state index contributed by atoms with van der Waals surface area (Å²) in [6.45, 7) is -0.347. The van der Waals surface area contributed by atoms with Crippen LogP contribution in [0.15, 0.2) is 78.9 Å². The van der Waals surface area contributed by atoms with Gasteiger partial charge >= 0.3 is 5.97 Å². The average Bonchev–Trinajstić information content (AvgIpc) is 3.24. The number of hydrogen-bond acceptors (Lipinski definition) is 5. The lowest BCUT2D eigenvalue weighted by atomic mass is 10.0. The van der Waals surface area contributed by atoms with E-state index in [1.54, 1.807) is 72.8 Å². The van der Waals surface area contributed by atoms with Crippen LogP contribution in [0.5, 0.6) is 0 Å². The number of anilines is 1. The number of rotatable bonds is 7. The summed E-state index contributed by atoms with van der Waals surface area (Å²) >= 11 is 6.13. The number of ketones is 2. The lowest BCUT2D eigenvalue weighted by molar-refractivity contribution is -0.147. The minimum atomic E-state index is -0.739. The molecule has 3 aromatic rings. The van der Waals surface area contributed by atoms with Crippen molar-refractivity contribution in [3.63, 3.8) is 0 Å². The fraction of sp³-hybridized carbons (Fsp3) is 0.154. The molecular weight excluding hydrogens is 442 g/mol. The minimum Gasteiger partial charge on any atom is -0.457 e. The first-order valence-electron chi connectivity index (χ1n) is 10.4. The highest BCUT2D eigenvalue weighted by Crippen LogP contribution is 2.32. The molecule has 1 aliphatic rings. The van der Waals surface area contributed by atoms with Crippen molar-refractivity contribution >= 4 is 40.7 Å². The van der Waals surface area contributed by atoms with Crippen molar-refractivity contribution in [2.45, 2.75) is 6.42 Å². The molecule has 3 aromatic carbocycles. The lowest BCUT2D eigenvalue weighted by Crippen LogP contribution is -2.28. The summed E-state index contributed by atoms with van der Waals surface area (Å²) in [6.07, 6.45) is -0.0695. The Bertz CT molecular complexity index is 1210. The third-order valence-corrected chi connectivity index (χ3v) is 5.66. The number of nitrogens with zero attached hydrogens (tertiary/aromatic N) is 1. The molecule has 1 atom stereocenters. The van der Waals surface area contributed by atoms with Gasteiger partial charge in [0, 0.05) is 34.7 Å². The lowest BCUT2D eigenvalue weighted by Gasteiger charge is -2.20. The van der Waals surface area contributed by atoms with Crippen molar-refractivity contribution in [2.24, 2.45) is 5.92 Å². The minimum absolute atomic E-state index is 0.0495. The predicted molar refractivity (Wildman–Crippen MR) is 124 cm³/mol. The molecule has 1 heterocycles. The number of benzene rings is 3. The Balaban J connectivity index is 1.49. The molecule has 0 N–H and O–H groups in total. The Morgan fingerprint density at radius 1 is 0.909 bits per heavy atom. The SMILES string of the molecule is O=C(COC(=O)[C@@H]1CC(=O)N(c2ccc(Cl)cc2C(=O)c2ccccc2)C1)c1ccccc1. The van der Waals surface area contributed by atoms with Gasteiger partial charge in [0.05, 0.1) is 11.6 Å². The molecule has 1 saturated heterocycles. The molecule has 1 amide bonds. The summed E-state index contributed by atoms with van der Waals surface area (Å²) in [5, 5.41) is 0.361. The topological polar surface area (TPSA) is 80.8 Å². The molecule has 0 radical (unpaired) electrons. The van der Waals surface area contributed by atoms with Crippen molar-refractivity contribution in [1.29, 1.82) is 0 Å². The number of ether oxygens (including phenoxy) is 1. The van der Waals surface area contributed by atoms with Gasteiger partial charge in [-0.25, -0.2) is 0 Å². The molecule has 33 heavy (non-hydrogen) atoms. The molecule has 166 valence electrons. The summed E-state index contributed by atoms with van der Waals surface area (Å²) < 4.78 is 5.19. The van der Waals surface area contributed by atoms with Crippen LogP contribution < -0.4 is 4.90 Å². The van der Waals surface area contributed by atoms with Crippen LogP contribution in [0.25, 0.3) is 0 Å².